The van der Waals surface area contributed by atoms with E-state index in [4.69, 9.17) is 9.84 Å². The van der Waals surface area contributed by atoms with Gasteiger partial charge < -0.3 is 14.9 Å². The van der Waals surface area contributed by atoms with Crippen molar-refractivity contribution in [3.05, 3.63) is 24.3 Å². The van der Waals surface area contributed by atoms with Crippen LogP contribution in [0, 0.1) is 11.8 Å². The van der Waals surface area contributed by atoms with Gasteiger partial charge in [-0.3, -0.25) is 4.79 Å². The number of hydrogen-bond acceptors (Lipinski definition) is 6. The maximum absolute atomic E-state index is 12.8. The Morgan fingerprint density at radius 2 is 1.92 bits per heavy atom. The Balaban J connectivity index is 3.13. The molecule has 0 unspecified atom stereocenters. The van der Waals surface area contributed by atoms with Gasteiger partial charge in [-0.15, -0.1) is 5.92 Å². The highest BCUT2D eigenvalue weighted by Crippen LogP contribution is 2.35. The van der Waals surface area contributed by atoms with Crippen LogP contribution in [0.5, 0.6) is 5.75 Å². The molecule has 138 valence electrons. The molecule has 1 aromatic rings. The highest BCUT2D eigenvalue weighted by atomic mass is 32.2. The van der Waals surface area contributed by atoms with Gasteiger partial charge in [0.25, 0.3) is 0 Å². The van der Waals surface area contributed by atoms with Crippen LogP contribution in [0.1, 0.15) is 20.8 Å². The van der Waals surface area contributed by atoms with Gasteiger partial charge in [-0.1, -0.05) is 5.92 Å². The third-order valence-corrected chi connectivity index (χ3v) is 7.23. The van der Waals surface area contributed by atoms with Crippen molar-refractivity contribution in [1.29, 1.82) is 0 Å². The molecule has 0 aliphatic heterocycles. The molecule has 0 heterocycles. The predicted molar refractivity (Wildman–Crippen MR) is 97.6 cm³/mol. The van der Waals surface area contributed by atoms with Crippen molar-refractivity contribution in [3.63, 3.8) is 0 Å². The molecule has 25 heavy (non-hydrogen) atoms. The van der Waals surface area contributed by atoms with E-state index in [2.05, 4.69) is 11.8 Å². The van der Waals surface area contributed by atoms with Crippen molar-refractivity contribution in [2.75, 3.05) is 19.0 Å². The summed E-state index contributed by atoms with van der Waals surface area (Å²) in [7, 11) is -4.12. The minimum atomic E-state index is -4.12. The molecule has 1 aromatic carbocycles. The largest absolute Gasteiger partial charge is 0.481 e. The lowest BCUT2D eigenvalue weighted by Gasteiger charge is -2.30. The summed E-state index contributed by atoms with van der Waals surface area (Å²) in [5.41, 5.74) is 0. The molecule has 0 spiro atoms. The van der Waals surface area contributed by atoms with Crippen LogP contribution in [-0.4, -0.2) is 53.6 Å². The number of ether oxygens (including phenoxy) is 1. The maximum atomic E-state index is 12.8. The van der Waals surface area contributed by atoms with Crippen molar-refractivity contribution < 1.29 is 28.2 Å². The second kappa shape index (κ2) is 9.13. The van der Waals surface area contributed by atoms with Gasteiger partial charge in [0.2, 0.25) is 0 Å². The second-order valence-electron chi connectivity index (χ2n) is 5.63. The Labute approximate surface area is 152 Å². The molecular weight excluding hydrogens is 364 g/mol. The van der Waals surface area contributed by atoms with Crippen LogP contribution in [0.25, 0.3) is 0 Å². The quantitative estimate of drug-likeness (QED) is 0.624. The van der Waals surface area contributed by atoms with Crippen molar-refractivity contribution in [2.24, 2.45) is 0 Å². The minimum absolute atomic E-state index is 0.0912. The van der Waals surface area contributed by atoms with Gasteiger partial charge in [-0.2, -0.15) is 11.8 Å². The van der Waals surface area contributed by atoms with E-state index in [0.29, 0.717) is 5.75 Å². The van der Waals surface area contributed by atoms with E-state index in [0.717, 1.165) is 11.8 Å². The summed E-state index contributed by atoms with van der Waals surface area (Å²) >= 11 is 1.10. The smallest absolute Gasteiger partial charge is 0.323 e. The number of benzene rings is 1. The van der Waals surface area contributed by atoms with Crippen LogP contribution < -0.4 is 4.74 Å². The van der Waals surface area contributed by atoms with Crippen LogP contribution in [0.3, 0.4) is 0 Å². The summed E-state index contributed by atoms with van der Waals surface area (Å²) in [4.78, 5) is 11.6. The fraction of sp³-hybridized carbons (Fsp3) is 0.471. The number of aliphatic hydroxyl groups excluding tert-OH is 1. The number of carbonyl (C=O) groups is 1. The van der Waals surface area contributed by atoms with Crippen molar-refractivity contribution >= 4 is 27.6 Å². The molecule has 0 saturated carbocycles. The Bertz CT molecular complexity index is 742. The average Bonchev–Trinajstić information content (AvgIpc) is 2.53. The number of rotatable bonds is 9. The molecule has 1 rings (SSSR count). The van der Waals surface area contributed by atoms with Crippen molar-refractivity contribution in [3.8, 4) is 17.6 Å². The van der Waals surface area contributed by atoms with Crippen molar-refractivity contribution in [2.45, 2.75) is 35.7 Å². The summed E-state index contributed by atoms with van der Waals surface area (Å²) in [6.45, 7) is 4.80. The van der Waals surface area contributed by atoms with Crippen molar-refractivity contribution in [1.82, 2.24) is 0 Å². The van der Waals surface area contributed by atoms with E-state index in [1.807, 2.05) is 0 Å². The maximum Gasteiger partial charge on any atom is 0.323 e. The number of thioether (sulfide) groups is 1. The fourth-order valence-electron chi connectivity index (χ4n) is 2.24. The zero-order chi connectivity index (χ0) is 19.1. The van der Waals surface area contributed by atoms with Gasteiger partial charge >= 0.3 is 5.97 Å². The fourth-order valence-corrected chi connectivity index (χ4v) is 5.50. The molecule has 8 heteroatoms. The summed E-state index contributed by atoms with van der Waals surface area (Å²) < 4.78 is 29.9. The van der Waals surface area contributed by atoms with Crippen LogP contribution in [0.4, 0.5) is 0 Å². The lowest BCUT2D eigenvalue weighted by atomic mass is 10.1. The Morgan fingerprint density at radius 3 is 2.40 bits per heavy atom. The third-order valence-electron chi connectivity index (χ3n) is 3.37. The SMILES string of the molecule is CC#CCOc1ccc(S(=O)(=O)[C@@H](C(=O)O)C(C)(C)SCCO)cc1. The highest BCUT2D eigenvalue weighted by Gasteiger charge is 2.46. The van der Waals surface area contributed by atoms with E-state index in [1.54, 1.807) is 20.8 Å². The monoisotopic (exact) mass is 386 g/mol. The van der Waals surface area contributed by atoms with Crippen LogP contribution >= 0.6 is 11.8 Å². The Morgan fingerprint density at radius 1 is 1.32 bits per heavy atom. The summed E-state index contributed by atoms with van der Waals surface area (Å²) in [5.74, 6) is 4.67. The molecule has 6 nitrogen and oxygen atoms in total. The molecule has 2 N–H and O–H groups in total. The van der Waals surface area contributed by atoms with E-state index >= 15 is 0 Å². The number of sulfone groups is 1. The minimum Gasteiger partial charge on any atom is -0.481 e. The average molecular weight is 386 g/mol. The Hall–Kier alpha value is -1.69. The van der Waals surface area contributed by atoms with Gasteiger partial charge in [0.05, 0.1) is 11.5 Å². The normalized spacial score (nSPS) is 12.8. The van der Waals surface area contributed by atoms with Gasteiger partial charge in [0, 0.05) is 10.5 Å². The van der Waals surface area contributed by atoms with E-state index in [1.165, 1.54) is 24.3 Å². The molecule has 0 aromatic heterocycles. The van der Waals surface area contributed by atoms with E-state index < -0.39 is 25.8 Å². The van der Waals surface area contributed by atoms with Gasteiger partial charge in [0.15, 0.2) is 15.1 Å². The van der Waals surface area contributed by atoms with E-state index in [-0.39, 0.29) is 23.9 Å². The summed E-state index contributed by atoms with van der Waals surface area (Å²) in [5, 5.41) is 16.8. The lowest BCUT2D eigenvalue weighted by molar-refractivity contribution is -0.136. The number of carboxylic acids is 1. The topological polar surface area (TPSA) is 101 Å². The first-order valence-corrected chi connectivity index (χ1v) is 10.0. The number of hydrogen-bond donors (Lipinski definition) is 2. The lowest BCUT2D eigenvalue weighted by Crippen LogP contribution is -2.46. The van der Waals surface area contributed by atoms with Gasteiger partial charge in [0.1, 0.15) is 12.4 Å². The number of aliphatic hydroxyl groups is 1. The summed E-state index contributed by atoms with van der Waals surface area (Å²) in [6.07, 6.45) is 0. The zero-order valence-corrected chi connectivity index (χ0v) is 16.0. The number of aliphatic carboxylic acids is 1. The first kappa shape index (κ1) is 21.4. The van der Waals surface area contributed by atoms with Crippen LogP contribution in [-0.2, 0) is 14.6 Å². The molecular formula is C17H22O6S2. The van der Waals surface area contributed by atoms with Crippen LogP contribution in [0.15, 0.2) is 29.2 Å². The zero-order valence-electron chi connectivity index (χ0n) is 14.4. The molecule has 0 fully saturated rings. The molecule has 1 atom stereocenters. The molecule has 0 saturated heterocycles. The first-order valence-electron chi connectivity index (χ1n) is 7.50. The highest BCUT2D eigenvalue weighted by molar-refractivity contribution is 8.02. The second-order valence-corrected chi connectivity index (χ2v) is 9.41. The Kier molecular flexibility index (Phi) is 7.80. The van der Waals surface area contributed by atoms with Gasteiger partial charge in [-0.25, -0.2) is 8.42 Å². The molecule has 0 aliphatic rings. The standard InChI is InChI=1S/C17H22O6S2/c1-4-5-11-23-13-6-8-14(9-7-13)25(21,22)15(16(19)20)17(2,3)24-12-10-18/h6-9,15,18H,10-12H2,1-3H3,(H,19,20)/t15-/m0/s1. The molecule has 0 bridgehead atoms. The van der Waals surface area contributed by atoms with E-state index in [9.17, 15) is 18.3 Å². The van der Waals surface area contributed by atoms with Crippen LogP contribution in [0.2, 0.25) is 0 Å². The molecule has 0 aliphatic carbocycles. The summed E-state index contributed by atoms with van der Waals surface area (Å²) in [6, 6.07) is 5.59. The third kappa shape index (κ3) is 5.66. The molecule has 0 radical (unpaired) electrons. The first-order chi connectivity index (χ1) is 11.7. The van der Waals surface area contributed by atoms with Gasteiger partial charge in [-0.05, 0) is 45.0 Å². The predicted octanol–water partition coefficient (Wildman–Crippen LogP) is 1.82. The molecule has 0 amide bonds. The number of carboxylic acid groups (broad SMARTS) is 1.